The van der Waals surface area contributed by atoms with E-state index in [0.717, 1.165) is 25.7 Å². The van der Waals surface area contributed by atoms with Gasteiger partial charge in [0.05, 0.1) is 30.2 Å². The highest BCUT2D eigenvalue weighted by Crippen LogP contribution is 2.30. The van der Waals surface area contributed by atoms with Crippen LogP contribution in [0.25, 0.3) is 11.0 Å². The van der Waals surface area contributed by atoms with E-state index in [1.807, 2.05) is 33.8 Å². The van der Waals surface area contributed by atoms with Crippen LogP contribution in [-0.4, -0.2) is 87.9 Å². The third kappa shape index (κ3) is 8.70. The maximum atomic E-state index is 13.7. The van der Waals surface area contributed by atoms with E-state index in [2.05, 4.69) is 15.3 Å². The Morgan fingerprint density at radius 1 is 1.06 bits per heavy atom. The van der Waals surface area contributed by atoms with E-state index in [9.17, 15) is 24.0 Å². The highest BCUT2D eigenvalue weighted by Gasteiger charge is 2.44. The largest absolute Gasteiger partial charge is 0.497 e. The molecule has 12 nitrogen and oxygen atoms in total. The fourth-order valence-electron chi connectivity index (χ4n) is 7.03. The summed E-state index contributed by atoms with van der Waals surface area (Å²) in [6, 6.07) is 3.68. The number of carbonyl (C=O) groups is 4. The SMILES string of the molecule is COc1ccc2nc(CCCCC[C@H]3C(OC(=O)N[C@H](C(=O)N4CCC(C)[C@H]4C(C)=O)C(C)(C)C)CCCN3C(C)=O)c(=O)[nH]c2c1. The summed E-state index contributed by atoms with van der Waals surface area (Å²) in [5.74, 6) is 0.275. The average Bonchev–Trinajstić information content (AvgIpc) is 3.40. The molecular weight excluding hydrogens is 602 g/mol. The number of nitrogens with one attached hydrogen (secondary N) is 2. The van der Waals surface area contributed by atoms with Crippen molar-refractivity contribution >= 4 is 34.7 Å². The molecule has 1 aromatic carbocycles. The normalized spacial score (nSPS) is 22.2. The summed E-state index contributed by atoms with van der Waals surface area (Å²) in [6.07, 6.45) is 4.25. The molecule has 2 unspecified atom stereocenters. The summed E-state index contributed by atoms with van der Waals surface area (Å²) in [5, 5.41) is 2.83. The molecular formula is C35H51N5O7. The van der Waals surface area contributed by atoms with Gasteiger partial charge in [0.1, 0.15) is 23.6 Å². The average molecular weight is 654 g/mol. The van der Waals surface area contributed by atoms with E-state index >= 15 is 0 Å². The van der Waals surface area contributed by atoms with Gasteiger partial charge in [-0.05, 0) is 68.9 Å². The van der Waals surface area contributed by atoms with Gasteiger partial charge in [-0.25, -0.2) is 9.78 Å². The van der Waals surface area contributed by atoms with E-state index < -0.39 is 29.7 Å². The van der Waals surface area contributed by atoms with Crippen molar-refractivity contribution in [2.75, 3.05) is 20.2 Å². The number of ketones is 1. The van der Waals surface area contributed by atoms with Crippen LogP contribution in [0, 0.1) is 11.3 Å². The molecule has 3 heterocycles. The highest BCUT2D eigenvalue weighted by atomic mass is 16.6. The molecule has 2 N–H and O–H groups in total. The van der Waals surface area contributed by atoms with Gasteiger partial charge in [0.2, 0.25) is 11.8 Å². The fraction of sp³-hybridized carbons (Fsp3) is 0.657. The molecule has 12 heteroatoms. The predicted octanol–water partition coefficient (Wildman–Crippen LogP) is 4.38. The number of hydrogen-bond donors (Lipinski definition) is 2. The molecule has 0 saturated carbocycles. The zero-order valence-corrected chi connectivity index (χ0v) is 28.9. The number of methoxy groups -OCH3 is 1. The van der Waals surface area contributed by atoms with Crippen LogP contribution in [0.5, 0.6) is 5.75 Å². The summed E-state index contributed by atoms with van der Waals surface area (Å²) in [7, 11) is 1.57. The Hall–Kier alpha value is -3.96. The van der Waals surface area contributed by atoms with Crippen molar-refractivity contribution in [2.24, 2.45) is 11.3 Å². The smallest absolute Gasteiger partial charge is 0.408 e. The number of hydrogen-bond acceptors (Lipinski definition) is 8. The minimum Gasteiger partial charge on any atom is -0.497 e. The van der Waals surface area contributed by atoms with Gasteiger partial charge in [-0.15, -0.1) is 0 Å². The standard InChI is InChI=1S/C35H51N5O7/c1-21-17-19-40(30(21)22(2)41)33(44)31(35(4,5)6)38-34(45)47-29-14-11-18-39(23(3)42)28(29)13-10-8-9-12-26-32(43)37-27-20-24(46-7)15-16-25(27)36-26/h15-16,20-21,28-31H,8-14,17-19H2,1-7H3,(H,37,43)(H,38,45)/t21?,28-,29?,30-,31+/m0/s1. The Bertz CT molecular complexity index is 1520. The Morgan fingerprint density at radius 3 is 2.47 bits per heavy atom. The second kappa shape index (κ2) is 15.3. The molecule has 2 aliphatic heterocycles. The van der Waals surface area contributed by atoms with Crippen LogP contribution in [0.15, 0.2) is 23.0 Å². The third-order valence-electron chi connectivity index (χ3n) is 9.54. The minimum atomic E-state index is -0.887. The van der Waals surface area contributed by atoms with Gasteiger partial charge in [-0.1, -0.05) is 40.5 Å². The van der Waals surface area contributed by atoms with Gasteiger partial charge in [0, 0.05) is 26.1 Å². The quantitative estimate of drug-likeness (QED) is 0.339. The molecule has 2 saturated heterocycles. The topological polar surface area (TPSA) is 151 Å². The van der Waals surface area contributed by atoms with Crippen molar-refractivity contribution < 1.29 is 28.7 Å². The molecule has 0 radical (unpaired) electrons. The number of nitrogens with zero attached hydrogens (tertiary/aromatic N) is 3. The number of piperidine rings is 1. The van der Waals surface area contributed by atoms with Gasteiger partial charge < -0.3 is 29.6 Å². The predicted molar refractivity (Wildman–Crippen MR) is 178 cm³/mol. The van der Waals surface area contributed by atoms with Crippen molar-refractivity contribution in [2.45, 2.75) is 117 Å². The molecule has 1 aromatic heterocycles. The molecule has 47 heavy (non-hydrogen) atoms. The first-order valence-corrected chi connectivity index (χ1v) is 16.8. The molecule has 2 aliphatic rings. The highest BCUT2D eigenvalue weighted by molar-refractivity contribution is 5.92. The van der Waals surface area contributed by atoms with Crippen LogP contribution in [-0.2, 0) is 25.5 Å². The molecule has 4 rings (SSSR count). The third-order valence-corrected chi connectivity index (χ3v) is 9.54. The molecule has 0 spiro atoms. The monoisotopic (exact) mass is 653 g/mol. The zero-order chi connectivity index (χ0) is 34.5. The van der Waals surface area contributed by atoms with Crippen LogP contribution in [0.2, 0.25) is 0 Å². The number of likely N-dealkylation sites (tertiary alicyclic amines) is 2. The molecule has 0 aliphatic carbocycles. The van der Waals surface area contributed by atoms with Crippen molar-refractivity contribution in [3.63, 3.8) is 0 Å². The second-order valence-corrected chi connectivity index (χ2v) is 14.2. The molecule has 5 atom stereocenters. The van der Waals surface area contributed by atoms with Crippen molar-refractivity contribution in [3.8, 4) is 5.75 Å². The number of aryl methyl sites for hydroxylation is 1. The number of aromatic nitrogens is 2. The summed E-state index contributed by atoms with van der Waals surface area (Å²) in [4.78, 5) is 75.5. The van der Waals surface area contributed by atoms with E-state index in [4.69, 9.17) is 9.47 Å². The Morgan fingerprint density at radius 2 is 1.81 bits per heavy atom. The lowest BCUT2D eigenvalue weighted by molar-refractivity contribution is -0.141. The summed E-state index contributed by atoms with van der Waals surface area (Å²) >= 11 is 0. The molecule has 3 amide bonds. The molecule has 2 fully saturated rings. The first kappa shape index (κ1) is 35.9. The maximum absolute atomic E-state index is 13.7. The first-order chi connectivity index (χ1) is 22.2. The number of ether oxygens (including phenoxy) is 2. The fourth-order valence-corrected chi connectivity index (χ4v) is 7.03. The van der Waals surface area contributed by atoms with Crippen LogP contribution in [0.1, 0.15) is 92.2 Å². The van der Waals surface area contributed by atoms with Gasteiger partial charge >= 0.3 is 6.09 Å². The Labute approximate surface area is 276 Å². The van der Waals surface area contributed by atoms with Crippen molar-refractivity contribution in [1.82, 2.24) is 25.1 Å². The Balaban J connectivity index is 1.37. The van der Waals surface area contributed by atoms with Gasteiger partial charge in [0.15, 0.2) is 5.78 Å². The lowest BCUT2D eigenvalue weighted by Gasteiger charge is -2.41. The van der Waals surface area contributed by atoms with Gasteiger partial charge in [-0.3, -0.25) is 19.2 Å². The Kier molecular flexibility index (Phi) is 11.7. The van der Waals surface area contributed by atoms with Crippen LogP contribution in [0.3, 0.4) is 0 Å². The molecule has 258 valence electrons. The number of benzene rings is 1. The number of rotatable bonds is 11. The summed E-state index contributed by atoms with van der Waals surface area (Å²) in [5.41, 5.74) is 0.948. The second-order valence-electron chi connectivity index (χ2n) is 14.2. The number of unbranched alkanes of at least 4 members (excludes halogenated alkanes) is 2. The molecule has 2 aromatic rings. The van der Waals surface area contributed by atoms with Crippen LogP contribution >= 0.6 is 0 Å². The number of H-pyrrole nitrogens is 1. The minimum absolute atomic E-state index is 0.0544. The van der Waals surface area contributed by atoms with E-state index in [1.165, 1.54) is 13.8 Å². The number of carbonyl (C=O) groups excluding carboxylic acids is 4. The lowest BCUT2D eigenvalue weighted by Crippen LogP contribution is -2.58. The van der Waals surface area contributed by atoms with Gasteiger partial charge in [-0.2, -0.15) is 0 Å². The number of aromatic amines is 1. The van der Waals surface area contributed by atoms with Crippen LogP contribution in [0.4, 0.5) is 4.79 Å². The van der Waals surface area contributed by atoms with E-state index in [1.54, 1.807) is 29.0 Å². The molecule has 0 bridgehead atoms. The number of alkyl carbamates (subject to hydrolysis) is 1. The summed E-state index contributed by atoms with van der Waals surface area (Å²) in [6.45, 7) is 11.7. The van der Waals surface area contributed by atoms with E-state index in [-0.39, 0.29) is 35.1 Å². The van der Waals surface area contributed by atoms with Crippen LogP contribution < -0.4 is 15.6 Å². The lowest BCUT2D eigenvalue weighted by atomic mass is 9.85. The number of amides is 3. The van der Waals surface area contributed by atoms with Crippen molar-refractivity contribution in [3.05, 3.63) is 34.2 Å². The number of Topliss-reactive ketones (excluding diaryl/α,β-unsaturated/α-hetero) is 1. The van der Waals surface area contributed by atoms with Crippen molar-refractivity contribution in [1.29, 1.82) is 0 Å². The van der Waals surface area contributed by atoms with Gasteiger partial charge in [0.25, 0.3) is 5.56 Å². The first-order valence-electron chi connectivity index (χ1n) is 16.8. The number of fused-ring (bicyclic) bond motifs is 1. The summed E-state index contributed by atoms with van der Waals surface area (Å²) < 4.78 is 11.2. The van der Waals surface area contributed by atoms with E-state index in [0.29, 0.717) is 61.2 Å². The zero-order valence-electron chi connectivity index (χ0n) is 28.9. The maximum Gasteiger partial charge on any atom is 0.408 e.